The van der Waals surface area contributed by atoms with Crippen LogP contribution in [-0.4, -0.2) is 46.8 Å². The van der Waals surface area contributed by atoms with Crippen molar-refractivity contribution in [3.63, 3.8) is 0 Å². The Labute approximate surface area is 173 Å². The lowest BCUT2D eigenvalue weighted by Gasteiger charge is -2.30. The van der Waals surface area contributed by atoms with E-state index in [1.54, 1.807) is 6.07 Å². The normalized spacial score (nSPS) is 15.7. The van der Waals surface area contributed by atoms with Crippen LogP contribution in [0.25, 0.3) is 10.8 Å². The van der Waals surface area contributed by atoms with Gasteiger partial charge in [0.1, 0.15) is 0 Å². The first-order chi connectivity index (χ1) is 14.1. The van der Waals surface area contributed by atoms with E-state index in [9.17, 15) is 9.59 Å². The molecule has 0 saturated carbocycles. The zero-order valence-corrected chi connectivity index (χ0v) is 17.8. The van der Waals surface area contributed by atoms with Crippen LogP contribution in [0.1, 0.15) is 62.9 Å². The number of nitrogens with zero attached hydrogens (tertiary/aromatic N) is 3. The maximum Gasteiger partial charge on any atom is 0.274 e. The van der Waals surface area contributed by atoms with E-state index in [2.05, 4.69) is 29.2 Å². The summed E-state index contributed by atoms with van der Waals surface area (Å²) in [5, 5.41) is 8.63. The lowest BCUT2D eigenvalue weighted by atomic mass is 9.99. The van der Waals surface area contributed by atoms with E-state index in [0.29, 0.717) is 29.6 Å². The number of carbonyl (C=O) groups excluding carboxylic acids is 1. The number of benzene rings is 1. The summed E-state index contributed by atoms with van der Waals surface area (Å²) in [7, 11) is 0. The number of likely N-dealkylation sites (tertiary alicyclic amines) is 1. The molecule has 1 fully saturated rings. The maximum atomic E-state index is 12.8. The number of aromatic nitrogens is 2. The van der Waals surface area contributed by atoms with E-state index in [-0.39, 0.29) is 11.5 Å². The van der Waals surface area contributed by atoms with Gasteiger partial charge in [-0.25, -0.2) is 4.68 Å². The first-order valence-corrected chi connectivity index (χ1v) is 11.1. The molecule has 1 aromatic heterocycles. The van der Waals surface area contributed by atoms with E-state index >= 15 is 0 Å². The SMILES string of the molecule is CCCCCn1nc(C(=O)NCCCN2CCC(C)CC2)c2ccccc2c1=O. The van der Waals surface area contributed by atoms with Crippen molar-refractivity contribution in [2.75, 3.05) is 26.2 Å². The molecule has 29 heavy (non-hydrogen) atoms. The number of unbranched alkanes of at least 4 members (excludes halogenated alkanes) is 2. The highest BCUT2D eigenvalue weighted by Gasteiger charge is 2.17. The number of hydrogen-bond acceptors (Lipinski definition) is 4. The van der Waals surface area contributed by atoms with Crippen LogP contribution in [0.4, 0.5) is 0 Å². The summed E-state index contributed by atoms with van der Waals surface area (Å²) in [5.41, 5.74) is 0.232. The zero-order valence-electron chi connectivity index (χ0n) is 17.8. The molecule has 0 atom stereocenters. The highest BCUT2D eigenvalue weighted by molar-refractivity contribution is 6.04. The largest absolute Gasteiger partial charge is 0.351 e. The van der Waals surface area contributed by atoms with Crippen molar-refractivity contribution in [3.8, 4) is 0 Å². The summed E-state index contributed by atoms with van der Waals surface area (Å²) < 4.78 is 1.46. The van der Waals surface area contributed by atoms with Gasteiger partial charge in [0.15, 0.2) is 5.69 Å². The van der Waals surface area contributed by atoms with Crippen LogP contribution in [0.3, 0.4) is 0 Å². The molecule has 0 radical (unpaired) electrons. The Morgan fingerprint density at radius 3 is 2.55 bits per heavy atom. The quantitative estimate of drug-likeness (QED) is 0.657. The fraction of sp³-hybridized carbons (Fsp3) is 0.609. The van der Waals surface area contributed by atoms with Gasteiger partial charge in [-0.15, -0.1) is 0 Å². The molecular formula is C23H34N4O2. The van der Waals surface area contributed by atoms with Gasteiger partial charge in [-0.3, -0.25) is 9.59 Å². The summed E-state index contributed by atoms with van der Waals surface area (Å²) in [4.78, 5) is 28.0. The average Bonchev–Trinajstić information content (AvgIpc) is 2.74. The Morgan fingerprint density at radius 2 is 1.83 bits per heavy atom. The molecule has 0 spiro atoms. The highest BCUT2D eigenvalue weighted by atomic mass is 16.2. The van der Waals surface area contributed by atoms with Gasteiger partial charge in [-0.05, 0) is 57.3 Å². The molecule has 1 aliphatic heterocycles. The molecule has 0 bridgehead atoms. The molecule has 2 aromatic rings. The molecule has 1 saturated heterocycles. The molecule has 0 aliphatic carbocycles. The molecule has 2 heterocycles. The van der Waals surface area contributed by atoms with E-state index in [1.165, 1.54) is 17.5 Å². The molecule has 1 aliphatic rings. The van der Waals surface area contributed by atoms with E-state index in [0.717, 1.165) is 51.2 Å². The van der Waals surface area contributed by atoms with Crippen molar-refractivity contribution in [1.82, 2.24) is 20.0 Å². The average molecular weight is 399 g/mol. The molecule has 6 heteroatoms. The second-order valence-electron chi connectivity index (χ2n) is 8.26. The third-order valence-electron chi connectivity index (χ3n) is 5.87. The lowest BCUT2D eigenvalue weighted by Crippen LogP contribution is -2.36. The van der Waals surface area contributed by atoms with Gasteiger partial charge in [0, 0.05) is 18.5 Å². The summed E-state index contributed by atoms with van der Waals surface area (Å²) in [6.45, 7) is 8.93. The van der Waals surface area contributed by atoms with Gasteiger partial charge in [0.2, 0.25) is 0 Å². The van der Waals surface area contributed by atoms with Crippen LogP contribution in [0.2, 0.25) is 0 Å². The summed E-state index contributed by atoms with van der Waals surface area (Å²) >= 11 is 0. The Bertz CT molecular complexity index is 869. The van der Waals surface area contributed by atoms with Gasteiger partial charge < -0.3 is 10.2 Å². The minimum absolute atomic E-state index is 0.118. The first kappa shape index (κ1) is 21.5. The number of rotatable bonds is 9. The van der Waals surface area contributed by atoms with Crippen LogP contribution in [0.5, 0.6) is 0 Å². The number of fused-ring (bicyclic) bond motifs is 1. The Balaban J connectivity index is 1.65. The third kappa shape index (κ3) is 5.66. The number of hydrogen-bond donors (Lipinski definition) is 1. The van der Waals surface area contributed by atoms with Crippen LogP contribution < -0.4 is 10.9 Å². The van der Waals surface area contributed by atoms with Gasteiger partial charge in [0.25, 0.3) is 11.5 Å². The van der Waals surface area contributed by atoms with Gasteiger partial charge >= 0.3 is 0 Å². The lowest BCUT2D eigenvalue weighted by molar-refractivity contribution is 0.0945. The Kier molecular flexibility index (Phi) is 7.81. The predicted octanol–water partition coefficient (Wildman–Crippen LogP) is 3.44. The molecule has 1 N–H and O–H groups in total. The standard InChI is InChI=1S/C23H34N4O2/c1-3-4-7-15-27-23(29)20-10-6-5-9-19(20)21(25-27)22(28)24-13-8-14-26-16-11-18(2)12-17-26/h5-6,9-10,18H,3-4,7-8,11-17H2,1-2H3,(H,24,28). The molecule has 158 valence electrons. The summed E-state index contributed by atoms with van der Waals surface area (Å²) in [6, 6.07) is 7.27. The molecular weight excluding hydrogens is 364 g/mol. The van der Waals surface area contributed by atoms with Gasteiger partial charge in [-0.1, -0.05) is 44.9 Å². The number of amides is 1. The van der Waals surface area contributed by atoms with Crippen molar-refractivity contribution in [2.24, 2.45) is 5.92 Å². The second kappa shape index (κ2) is 10.5. The molecule has 6 nitrogen and oxygen atoms in total. The minimum atomic E-state index is -0.197. The molecule has 1 amide bonds. The van der Waals surface area contributed by atoms with E-state index in [4.69, 9.17) is 0 Å². The highest BCUT2D eigenvalue weighted by Crippen LogP contribution is 2.16. The Hall–Kier alpha value is -2.21. The topological polar surface area (TPSA) is 67.2 Å². The van der Waals surface area contributed by atoms with Crippen LogP contribution in [-0.2, 0) is 6.54 Å². The summed E-state index contributed by atoms with van der Waals surface area (Å²) in [6.07, 6.45) is 6.46. The fourth-order valence-electron chi connectivity index (χ4n) is 3.94. The van der Waals surface area contributed by atoms with Crippen LogP contribution >= 0.6 is 0 Å². The number of piperidine rings is 1. The van der Waals surface area contributed by atoms with Crippen molar-refractivity contribution in [1.29, 1.82) is 0 Å². The number of nitrogens with one attached hydrogen (secondary N) is 1. The van der Waals surface area contributed by atoms with E-state index < -0.39 is 0 Å². The van der Waals surface area contributed by atoms with Crippen molar-refractivity contribution >= 4 is 16.7 Å². The van der Waals surface area contributed by atoms with Crippen LogP contribution in [0, 0.1) is 5.92 Å². The van der Waals surface area contributed by atoms with Gasteiger partial charge in [-0.2, -0.15) is 5.10 Å². The second-order valence-corrected chi connectivity index (χ2v) is 8.26. The maximum absolute atomic E-state index is 12.8. The minimum Gasteiger partial charge on any atom is -0.351 e. The third-order valence-corrected chi connectivity index (χ3v) is 5.87. The summed E-state index contributed by atoms with van der Waals surface area (Å²) in [5.74, 6) is 0.635. The number of carbonyl (C=O) groups is 1. The monoisotopic (exact) mass is 398 g/mol. The molecule has 3 rings (SSSR count). The smallest absolute Gasteiger partial charge is 0.274 e. The fourth-order valence-corrected chi connectivity index (χ4v) is 3.94. The van der Waals surface area contributed by atoms with Crippen LogP contribution in [0.15, 0.2) is 29.1 Å². The van der Waals surface area contributed by atoms with Crippen molar-refractivity contribution in [2.45, 2.75) is 58.9 Å². The van der Waals surface area contributed by atoms with Gasteiger partial charge in [0.05, 0.1) is 5.39 Å². The first-order valence-electron chi connectivity index (χ1n) is 11.1. The zero-order chi connectivity index (χ0) is 20.6. The number of aryl methyl sites for hydroxylation is 1. The van der Waals surface area contributed by atoms with Crippen molar-refractivity contribution < 1.29 is 4.79 Å². The molecule has 0 unspecified atom stereocenters. The van der Waals surface area contributed by atoms with E-state index in [1.807, 2.05) is 18.2 Å². The predicted molar refractivity (Wildman–Crippen MR) is 117 cm³/mol. The van der Waals surface area contributed by atoms with Crippen molar-refractivity contribution in [3.05, 3.63) is 40.3 Å². The molecule has 1 aromatic carbocycles. The Morgan fingerprint density at radius 1 is 1.10 bits per heavy atom.